The predicted molar refractivity (Wildman–Crippen MR) is 71.7 cm³/mol. The molecular weight excluding hydrogens is 271 g/mol. The molecule has 1 heterocycles. The number of hydrogen-bond acceptors (Lipinski definition) is 3. The first-order chi connectivity index (χ1) is 9.01. The summed E-state index contributed by atoms with van der Waals surface area (Å²) in [6, 6.07) is 2.88. The Morgan fingerprint density at radius 2 is 1.95 bits per heavy atom. The lowest BCUT2D eigenvalue weighted by atomic mass is 9.92. The van der Waals surface area contributed by atoms with Crippen LogP contribution in [0.5, 0.6) is 11.5 Å². The summed E-state index contributed by atoms with van der Waals surface area (Å²) in [5.74, 6) is 0.408. The Balaban J connectivity index is 2.38. The van der Waals surface area contributed by atoms with Crippen molar-refractivity contribution < 1.29 is 18.6 Å². The molecule has 5 heteroatoms. The van der Waals surface area contributed by atoms with Crippen molar-refractivity contribution in [3.05, 3.63) is 23.5 Å². The fourth-order valence-electron chi connectivity index (χ4n) is 2.39. The standard InChI is InChI=1S/C14H18ClFO3/c1-14(5-4-6-19-14)13(15)9-7-11(17-2)12(18-3)8-10(9)16/h7-8,13H,4-6H2,1-3H3. The number of hydrogen-bond donors (Lipinski definition) is 0. The Morgan fingerprint density at radius 1 is 1.32 bits per heavy atom. The van der Waals surface area contributed by atoms with Gasteiger partial charge in [-0.2, -0.15) is 0 Å². The van der Waals surface area contributed by atoms with E-state index in [2.05, 4.69) is 0 Å². The molecule has 0 N–H and O–H groups in total. The van der Waals surface area contributed by atoms with Gasteiger partial charge in [-0.05, 0) is 25.8 Å². The van der Waals surface area contributed by atoms with Gasteiger partial charge in [-0.1, -0.05) is 0 Å². The molecule has 3 nitrogen and oxygen atoms in total. The molecule has 0 spiro atoms. The molecule has 0 radical (unpaired) electrons. The molecular formula is C14H18ClFO3. The second-order valence-corrected chi connectivity index (χ2v) is 5.29. The Bertz CT molecular complexity index is 458. The summed E-state index contributed by atoms with van der Waals surface area (Å²) < 4.78 is 30.1. The summed E-state index contributed by atoms with van der Waals surface area (Å²) in [5, 5.41) is -0.560. The molecule has 106 valence electrons. The van der Waals surface area contributed by atoms with E-state index in [0.717, 1.165) is 12.8 Å². The Hall–Kier alpha value is -1.00. The number of methoxy groups -OCH3 is 2. The normalized spacial score (nSPS) is 24.3. The van der Waals surface area contributed by atoms with E-state index in [1.807, 2.05) is 6.92 Å². The fourth-order valence-corrected chi connectivity index (χ4v) is 2.73. The molecule has 1 fully saturated rings. The van der Waals surface area contributed by atoms with Crippen LogP contribution in [0.3, 0.4) is 0 Å². The van der Waals surface area contributed by atoms with Crippen LogP contribution in [0.25, 0.3) is 0 Å². The zero-order valence-corrected chi connectivity index (χ0v) is 12.1. The molecule has 1 aliphatic rings. The van der Waals surface area contributed by atoms with Crippen molar-refractivity contribution in [3.8, 4) is 11.5 Å². The lowest BCUT2D eigenvalue weighted by Gasteiger charge is -2.29. The van der Waals surface area contributed by atoms with Gasteiger partial charge in [-0.25, -0.2) is 4.39 Å². The van der Waals surface area contributed by atoms with E-state index in [1.54, 1.807) is 6.07 Å². The van der Waals surface area contributed by atoms with Crippen LogP contribution in [0.4, 0.5) is 4.39 Å². The van der Waals surface area contributed by atoms with E-state index in [9.17, 15) is 4.39 Å². The van der Waals surface area contributed by atoms with Crippen molar-refractivity contribution in [1.82, 2.24) is 0 Å². The number of benzene rings is 1. The first kappa shape index (κ1) is 14.4. The molecule has 0 aliphatic carbocycles. The Kier molecular flexibility index (Phi) is 4.21. The molecule has 0 aromatic heterocycles. The third-order valence-electron chi connectivity index (χ3n) is 3.56. The minimum atomic E-state index is -0.560. The SMILES string of the molecule is COc1cc(F)c(C(Cl)C2(C)CCCO2)cc1OC. The van der Waals surface area contributed by atoms with Gasteiger partial charge in [0.15, 0.2) is 11.5 Å². The van der Waals surface area contributed by atoms with Crippen molar-refractivity contribution in [2.24, 2.45) is 0 Å². The van der Waals surface area contributed by atoms with Gasteiger partial charge in [0, 0.05) is 18.2 Å². The monoisotopic (exact) mass is 288 g/mol. The first-order valence-electron chi connectivity index (χ1n) is 6.21. The van der Waals surface area contributed by atoms with E-state index >= 15 is 0 Å². The average Bonchev–Trinajstić information content (AvgIpc) is 2.85. The third-order valence-corrected chi connectivity index (χ3v) is 4.26. The zero-order chi connectivity index (χ0) is 14.0. The summed E-state index contributed by atoms with van der Waals surface area (Å²) in [7, 11) is 2.98. The van der Waals surface area contributed by atoms with Gasteiger partial charge in [0.05, 0.1) is 25.2 Å². The summed E-state index contributed by atoms with van der Waals surface area (Å²) in [4.78, 5) is 0. The van der Waals surface area contributed by atoms with Crippen LogP contribution < -0.4 is 9.47 Å². The van der Waals surface area contributed by atoms with Crippen LogP contribution in [0.15, 0.2) is 12.1 Å². The van der Waals surface area contributed by atoms with E-state index in [-0.39, 0.29) is 0 Å². The van der Waals surface area contributed by atoms with Crippen LogP contribution in [-0.4, -0.2) is 26.4 Å². The van der Waals surface area contributed by atoms with Crippen LogP contribution in [0.1, 0.15) is 30.7 Å². The highest BCUT2D eigenvalue weighted by Gasteiger charge is 2.39. The summed E-state index contributed by atoms with van der Waals surface area (Å²) in [6.07, 6.45) is 1.75. The van der Waals surface area contributed by atoms with Crippen molar-refractivity contribution in [2.45, 2.75) is 30.7 Å². The van der Waals surface area contributed by atoms with Crippen LogP contribution in [0.2, 0.25) is 0 Å². The predicted octanol–water partition coefficient (Wildman–Crippen LogP) is 3.69. The van der Waals surface area contributed by atoms with E-state index in [0.29, 0.717) is 23.7 Å². The molecule has 1 aromatic carbocycles. The second kappa shape index (κ2) is 5.55. The largest absolute Gasteiger partial charge is 0.493 e. The van der Waals surface area contributed by atoms with Gasteiger partial charge >= 0.3 is 0 Å². The smallest absolute Gasteiger partial charge is 0.163 e. The first-order valence-corrected chi connectivity index (χ1v) is 6.65. The maximum atomic E-state index is 14.2. The lowest BCUT2D eigenvalue weighted by molar-refractivity contribution is 0.0157. The topological polar surface area (TPSA) is 27.7 Å². The number of alkyl halides is 1. The number of halogens is 2. The molecule has 0 bridgehead atoms. The van der Waals surface area contributed by atoms with Crippen LogP contribution >= 0.6 is 11.6 Å². The minimum absolute atomic E-state index is 0.352. The zero-order valence-electron chi connectivity index (χ0n) is 11.3. The molecule has 2 atom stereocenters. The molecule has 0 amide bonds. The molecule has 0 saturated carbocycles. The molecule has 1 aliphatic heterocycles. The lowest BCUT2D eigenvalue weighted by Crippen LogP contribution is -2.29. The Labute approximate surface area is 117 Å². The molecule has 2 unspecified atom stereocenters. The summed E-state index contributed by atoms with van der Waals surface area (Å²) in [6.45, 7) is 2.57. The van der Waals surface area contributed by atoms with Gasteiger partial charge in [0.25, 0.3) is 0 Å². The highest BCUT2D eigenvalue weighted by Crippen LogP contribution is 2.44. The van der Waals surface area contributed by atoms with Gasteiger partial charge in [0.1, 0.15) is 5.82 Å². The fraction of sp³-hybridized carbons (Fsp3) is 0.571. The van der Waals surface area contributed by atoms with Crippen molar-refractivity contribution in [1.29, 1.82) is 0 Å². The summed E-state index contributed by atoms with van der Waals surface area (Å²) >= 11 is 6.42. The Morgan fingerprint density at radius 3 is 2.47 bits per heavy atom. The maximum absolute atomic E-state index is 14.2. The highest BCUT2D eigenvalue weighted by atomic mass is 35.5. The van der Waals surface area contributed by atoms with Gasteiger partial charge in [-0.3, -0.25) is 0 Å². The third kappa shape index (κ3) is 2.65. The molecule has 1 saturated heterocycles. The van der Waals surface area contributed by atoms with Crippen molar-refractivity contribution in [2.75, 3.05) is 20.8 Å². The van der Waals surface area contributed by atoms with Crippen LogP contribution in [-0.2, 0) is 4.74 Å². The number of ether oxygens (including phenoxy) is 3. The second-order valence-electron chi connectivity index (χ2n) is 4.86. The quantitative estimate of drug-likeness (QED) is 0.791. The molecule has 19 heavy (non-hydrogen) atoms. The van der Waals surface area contributed by atoms with Gasteiger partial charge < -0.3 is 14.2 Å². The minimum Gasteiger partial charge on any atom is -0.493 e. The van der Waals surface area contributed by atoms with Crippen molar-refractivity contribution >= 4 is 11.6 Å². The van der Waals surface area contributed by atoms with E-state index in [4.69, 9.17) is 25.8 Å². The number of rotatable bonds is 4. The highest BCUT2D eigenvalue weighted by molar-refractivity contribution is 6.21. The molecule has 1 aromatic rings. The van der Waals surface area contributed by atoms with Crippen molar-refractivity contribution in [3.63, 3.8) is 0 Å². The average molecular weight is 289 g/mol. The van der Waals surface area contributed by atoms with Crippen LogP contribution in [0, 0.1) is 5.82 Å². The van der Waals surface area contributed by atoms with Gasteiger partial charge in [0.2, 0.25) is 0 Å². The maximum Gasteiger partial charge on any atom is 0.163 e. The van der Waals surface area contributed by atoms with E-state index in [1.165, 1.54) is 20.3 Å². The van der Waals surface area contributed by atoms with E-state index < -0.39 is 16.8 Å². The summed E-state index contributed by atoms with van der Waals surface area (Å²) in [5.41, 5.74) is -0.161. The molecule has 2 rings (SSSR count). The van der Waals surface area contributed by atoms with Gasteiger partial charge in [-0.15, -0.1) is 11.6 Å².